The fourth-order valence-corrected chi connectivity index (χ4v) is 2.39. The van der Waals surface area contributed by atoms with Crippen molar-refractivity contribution in [3.05, 3.63) is 28.7 Å². The molecule has 0 saturated heterocycles. The van der Waals surface area contributed by atoms with E-state index in [-0.39, 0.29) is 9.27 Å². The molecule has 14 heavy (non-hydrogen) atoms. The van der Waals surface area contributed by atoms with Crippen LogP contribution in [-0.4, -0.2) is 12.8 Å². The van der Waals surface area contributed by atoms with E-state index < -0.39 is 10.0 Å². The Kier molecular flexibility index (Phi) is 3.82. The van der Waals surface area contributed by atoms with Crippen LogP contribution in [-0.2, 0) is 35.3 Å². The number of halogens is 1. The van der Waals surface area contributed by atoms with Gasteiger partial charge in [0.2, 0.25) is 0 Å². The quantitative estimate of drug-likeness (QED) is 0.473. The number of hydrogen-bond donors (Lipinski definition) is 0. The van der Waals surface area contributed by atoms with Crippen LogP contribution in [0.1, 0.15) is 0 Å². The molecule has 0 radical (unpaired) electrons. The second-order valence-electron chi connectivity index (χ2n) is 2.29. The Labute approximate surface area is 102 Å². The summed E-state index contributed by atoms with van der Waals surface area (Å²) in [5.41, 5.74) is 0. The number of benzene rings is 1. The molecule has 1 rings (SSSR count). The van der Waals surface area contributed by atoms with E-state index in [1.807, 2.05) is 0 Å². The van der Waals surface area contributed by atoms with Crippen LogP contribution in [0.15, 0.2) is 38.0 Å². The number of rotatable bonds is 2. The van der Waals surface area contributed by atoms with E-state index in [4.69, 9.17) is 0 Å². The first-order valence-electron chi connectivity index (χ1n) is 3.36. The highest BCUT2D eigenvalue weighted by Crippen LogP contribution is 2.16. The van der Waals surface area contributed by atoms with Gasteiger partial charge < -0.3 is 25.3 Å². The van der Waals surface area contributed by atoms with Gasteiger partial charge in [0, 0.05) is 4.47 Å². The summed E-state index contributed by atoms with van der Waals surface area (Å²) in [6, 6.07) is 6.07. The highest BCUT2D eigenvalue weighted by molar-refractivity contribution is 9.10. The molecule has 0 aliphatic carbocycles. The summed E-state index contributed by atoms with van der Waals surface area (Å²) >= 11 is 12.0. The molecule has 0 bridgehead atoms. The second kappa shape index (κ2) is 4.52. The Morgan fingerprint density at radius 1 is 1.21 bits per heavy atom. The van der Waals surface area contributed by atoms with Crippen LogP contribution >= 0.6 is 15.9 Å². The van der Waals surface area contributed by atoms with Gasteiger partial charge in [-0.05, 0) is 24.3 Å². The van der Waals surface area contributed by atoms with Crippen LogP contribution in [0.25, 0.3) is 0 Å². The van der Waals surface area contributed by atoms with Crippen molar-refractivity contribution in [1.29, 1.82) is 0 Å². The molecule has 3 nitrogen and oxygen atoms in total. The molecule has 0 saturated carbocycles. The normalized spacial score (nSPS) is 10.9. The van der Waals surface area contributed by atoms with E-state index in [9.17, 15) is 8.42 Å². The van der Waals surface area contributed by atoms with Gasteiger partial charge in [-0.3, -0.25) is 0 Å². The van der Waals surface area contributed by atoms with Crippen LogP contribution in [0, 0.1) is 0 Å². The van der Waals surface area contributed by atoms with Crippen LogP contribution in [0.2, 0.25) is 0 Å². The van der Waals surface area contributed by atoms with Crippen molar-refractivity contribution in [1.82, 2.24) is 0 Å². The lowest BCUT2D eigenvalue weighted by Gasteiger charge is -2.15. The lowest BCUT2D eigenvalue weighted by Crippen LogP contribution is -1.99. The van der Waals surface area contributed by atoms with Crippen LogP contribution in [0.5, 0.6) is 0 Å². The molecule has 0 aromatic heterocycles. The second-order valence-corrected chi connectivity index (χ2v) is 5.84. The van der Waals surface area contributed by atoms with Gasteiger partial charge in [0.1, 0.15) is 0 Å². The predicted molar refractivity (Wildman–Crippen MR) is 63.5 cm³/mol. The zero-order chi connectivity index (χ0) is 10.8. The molecule has 0 aliphatic rings. The summed E-state index contributed by atoms with van der Waals surface area (Å²) < 4.78 is 26.5. The van der Waals surface area contributed by atoms with Crippen molar-refractivity contribution in [2.24, 2.45) is 4.40 Å². The molecular formula is C7H4BrNO2S3-2. The summed E-state index contributed by atoms with van der Waals surface area (Å²) in [4.78, 5) is 0.0768. The molecule has 0 N–H and O–H groups in total. The van der Waals surface area contributed by atoms with Crippen LogP contribution in [0.4, 0.5) is 0 Å². The first-order chi connectivity index (χ1) is 6.42. The minimum atomic E-state index is -3.72. The molecule has 1 aromatic rings. The van der Waals surface area contributed by atoms with Crippen molar-refractivity contribution >= 4 is 55.6 Å². The smallest absolute Gasteiger partial charge is 0.278 e. The molecule has 0 aliphatic heterocycles. The first-order valence-corrected chi connectivity index (χ1v) is 6.41. The van der Waals surface area contributed by atoms with Crippen LogP contribution in [0.3, 0.4) is 0 Å². The number of hydrogen-bond acceptors (Lipinski definition) is 4. The van der Waals surface area contributed by atoms with E-state index in [0.29, 0.717) is 0 Å². The SMILES string of the molecule is O=S(=O)(N=C([S-])[S-])c1ccc(Br)cc1. The average molecular weight is 310 g/mol. The lowest BCUT2D eigenvalue weighted by atomic mass is 10.4. The van der Waals surface area contributed by atoms with Gasteiger partial charge in [0.25, 0.3) is 10.0 Å². The summed E-state index contributed by atoms with van der Waals surface area (Å²) in [5, 5.41) is 0. The minimum Gasteiger partial charge on any atom is -0.788 e. The molecule has 1 aromatic carbocycles. The summed E-state index contributed by atoms with van der Waals surface area (Å²) in [6.45, 7) is 0. The van der Waals surface area contributed by atoms with Gasteiger partial charge in [-0.1, -0.05) is 15.9 Å². The zero-order valence-corrected chi connectivity index (χ0v) is 10.7. The summed E-state index contributed by atoms with van der Waals surface area (Å²) in [6.07, 6.45) is 0. The third kappa shape index (κ3) is 3.16. The Hall–Kier alpha value is -0.240. The molecule has 0 spiro atoms. The largest absolute Gasteiger partial charge is 0.788 e. The maximum Gasteiger partial charge on any atom is 0.278 e. The standard InChI is InChI=1S/C7H6BrNO2S3/c8-5-1-3-6(4-2-5)14(10,11)9-7(12)13/h1-4H,(H2,9,12,13)/p-2. The third-order valence-corrected chi connectivity index (χ3v) is 3.54. The molecule has 0 heterocycles. The highest BCUT2D eigenvalue weighted by atomic mass is 79.9. The monoisotopic (exact) mass is 309 g/mol. The van der Waals surface area contributed by atoms with E-state index in [1.54, 1.807) is 12.1 Å². The van der Waals surface area contributed by atoms with Crippen molar-refractivity contribution in [3.63, 3.8) is 0 Å². The highest BCUT2D eigenvalue weighted by Gasteiger charge is 2.09. The van der Waals surface area contributed by atoms with Gasteiger partial charge in [0.15, 0.2) is 0 Å². The zero-order valence-electron chi connectivity index (χ0n) is 6.68. The molecule has 7 heteroatoms. The fraction of sp³-hybridized carbons (Fsp3) is 0. The predicted octanol–water partition coefficient (Wildman–Crippen LogP) is 1.59. The summed E-state index contributed by atoms with van der Waals surface area (Å²) in [5.74, 6) is 0. The first kappa shape index (κ1) is 11.8. The Bertz CT molecular complexity index is 448. The van der Waals surface area contributed by atoms with Crippen molar-refractivity contribution in [2.75, 3.05) is 0 Å². The molecule has 0 atom stereocenters. The Morgan fingerprint density at radius 2 is 1.71 bits per heavy atom. The lowest BCUT2D eigenvalue weighted by molar-refractivity contribution is 0.598. The van der Waals surface area contributed by atoms with E-state index in [1.165, 1.54) is 12.1 Å². The van der Waals surface area contributed by atoms with E-state index in [2.05, 4.69) is 45.6 Å². The van der Waals surface area contributed by atoms with Gasteiger partial charge in [-0.2, -0.15) is 8.42 Å². The third-order valence-electron chi connectivity index (χ3n) is 1.31. The number of nitrogens with zero attached hydrogens (tertiary/aromatic N) is 1. The molecular weight excluding hydrogens is 306 g/mol. The number of sulfonamides is 1. The molecule has 0 amide bonds. The molecule has 76 valence electrons. The van der Waals surface area contributed by atoms with Gasteiger partial charge in [-0.25, -0.2) is 8.77 Å². The van der Waals surface area contributed by atoms with Gasteiger partial charge in [0.05, 0.1) is 4.90 Å². The van der Waals surface area contributed by atoms with Crippen molar-refractivity contribution in [3.8, 4) is 0 Å². The maximum atomic E-state index is 11.4. The van der Waals surface area contributed by atoms with E-state index >= 15 is 0 Å². The van der Waals surface area contributed by atoms with Crippen molar-refractivity contribution < 1.29 is 8.42 Å². The van der Waals surface area contributed by atoms with Gasteiger partial charge >= 0.3 is 0 Å². The molecule has 0 unspecified atom stereocenters. The molecule has 0 fully saturated rings. The topological polar surface area (TPSA) is 46.5 Å². The minimum absolute atomic E-state index is 0.0768. The fourth-order valence-electron chi connectivity index (χ4n) is 0.757. The Balaban J connectivity index is 3.18. The average Bonchev–Trinajstić information content (AvgIpc) is 2.02. The van der Waals surface area contributed by atoms with Crippen molar-refractivity contribution in [2.45, 2.75) is 4.90 Å². The Morgan fingerprint density at radius 3 is 2.14 bits per heavy atom. The summed E-state index contributed by atoms with van der Waals surface area (Å²) in [7, 11) is -3.72. The maximum absolute atomic E-state index is 11.4. The van der Waals surface area contributed by atoms with Gasteiger partial charge in [-0.15, -0.1) is 0 Å². The van der Waals surface area contributed by atoms with E-state index in [0.717, 1.165) is 4.47 Å². The van der Waals surface area contributed by atoms with Crippen LogP contribution < -0.4 is 0 Å².